The summed E-state index contributed by atoms with van der Waals surface area (Å²) in [4.78, 5) is 14.0. The Morgan fingerprint density at radius 1 is 1.39 bits per heavy atom. The number of amides is 1. The summed E-state index contributed by atoms with van der Waals surface area (Å²) in [6.45, 7) is 3.55. The van der Waals surface area contributed by atoms with Crippen molar-refractivity contribution < 1.29 is 14.5 Å². The lowest BCUT2D eigenvalue weighted by molar-refractivity contribution is -0.626. The number of benzene rings is 1. The molecule has 98 valence electrons. The molecule has 5 heteroatoms. The first-order chi connectivity index (χ1) is 8.63. The maximum absolute atomic E-state index is 12.9. The van der Waals surface area contributed by atoms with E-state index < -0.39 is 0 Å². The molecule has 0 aromatic heterocycles. The molecule has 1 amide bonds. The molecule has 2 rings (SSSR count). The number of thioether (sulfide) groups is 1. The molecule has 1 aromatic carbocycles. The van der Waals surface area contributed by atoms with Crippen molar-refractivity contribution in [1.29, 1.82) is 0 Å². The minimum atomic E-state index is -0.241. The Kier molecular flexibility index (Phi) is 4.24. The molecular weight excluding hydrogens is 251 g/mol. The van der Waals surface area contributed by atoms with Crippen LogP contribution in [0.15, 0.2) is 24.3 Å². The Bertz CT molecular complexity index is 424. The molecule has 3 nitrogen and oxygen atoms in total. The minimum absolute atomic E-state index is 0.0168. The fourth-order valence-corrected chi connectivity index (χ4v) is 3.36. The van der Waals surface area contributed by atoms with E-state index in [4.69, 9.17) is 0 Å². The predicted molar refractivity (Wildman–Crippen MR) is 70.6 cm³/mol. The summed E-state index contributed by atoms with van der Waals surface area (Å²) in [6.07, 6.45) is 0. The molecule has 0 bridgehead atoms. The largest absolute Gasteiger partial charge is 0.347 e. The number of halogens is 1. The highest BCUT2D eigenvalue weighted by Gasteiger charge is 2.38. The summed E-state index contributed by atoms with van der Waals surface area (Å²) < 4.78 is 12.9. The number of nitrogens with two attached hydrogens (primary N) is 1. The average Bonchev–Trinajstić information content (AvgIpc) is 2.64. The first kappa shape index (κ1) is 13.4. The molecule has 0 radical (unpaired) electrons. The molecule has 18 heavy (non-hydrogen) atoms. The van der Waals surface area contributed by atoms with Gasteiger partial charge in [-0.25, -0.2) is 4.39 Å². The van der Waals surface area contributed by atoms with Crippen molar-refractivity contribution in [3.05, 3.63) is 35.6 Å². The van der Waals surface area contributed by atoms with Crippen LogP contribution in [0.2, 0.25) is 0 Å². The monoisotopic (exact) mass is 269 g/mol. The van der Waals surface area contributed by atoms with Crippen molar-refractivity contribution in [2.24, 2.45) is 0 Å². The van der Waals surface area contributed by atoms with Crippen molar-refractivity contribution in [3.8, 4) is 0 Å². The minimum Gasteiger partial charge on any atom is -0.347 e. The summed E-state index contributed by atoms with van der Waals surface area (Å²) in [7, 11) is 1.99. The predicted octanol–water partition coefficient (Wildman–Crippen LogP) is 0.981. The highest BCUT2D eigenvalue weighted by atomic mass is 32.2. The zero-order chi connectivity index (χ0) is 13.1. The van der Waals surface area contributed by atoms with Crippen LogP contribution < -0.4 is 5.32 Å². The van der Waals surface area contributed by atoms with Gasteiger partial charge in [-0.05, 0) is 24.6 Å². The van der Waals surface area contributed by atoms with Crippen molar-refractivity contribution in [2.75, 3.05) is 20.1 Å². The SMILES string of the molecule is C[NH2+]CCN1C(=O)[C@@H](C)S[C@H]1c1ccc(F)cc1. The van der Waals surface area contributed by atoms with Gasteiger partial charge in [-0.3, -0.25) is 4.79 Å². The second-order valence-corrected chi connectivity index (χ2v) is 5.84. The van der Waals surface area contributed by atoms with Crippen molar-refractivity contribution in [2.45, 2.75) is 17.5 Å². The zero-order valence-corrected chi connectivity index (χ0v) is 11.4. The van der Waals surface area contributed by atoms with Crippen LogP contribution in [0.1, 0.15) is 17.9 Å². The molecule has 2 N–H and O–H groups in total. The molecule has 1 saturated heterocycles. The number of quaternary nitrogens is 1. The maximum atomic E-state index is 12.9. The van der Waals surface area contributed by atoms with E-state index in [1.54, 1.807) is 23.9 Å². The third-order valence-electron chi connectivity index (χ3n) is 3.06. The van der Waals surface area contributed by atoms with E-state index >= 15 is 0 Å². The highest BCUT2D eigenvalue weighted by molar-refractivity contribution is 8.01. The van der Waals surface area contributed by atoms with E-state index in [2.05, 4.69) is 5.32 Å². The van der Waals surface area contributed by atoms with Crippen LogP contribution >= 0.6 is 11.8 Å². The van der Waals surface area contributed by atoms with E-state index in [9.17, 15) is 9.18 Å². The topological polar surface area (TPSA) is 36.9 Å². The molecule has 0 aliphatic carbocycles. The molecule has 1 heterocycles. The smallest absolute Gasteiger partial charge is 0.236 e. The number of carbonyl (C=O) groups excluding carboxylic acids is 1. The molecule has 0 saturated carbocycles. The summed E-state index contributed by atoms with van der Waals surface area (Å²) in [6, 6.07) is 6.43. The van der Waals surface area contributed by atoms with Crippen LogP contribution in [-0.4, -0.2) is 36.2 Å². The van der Waals surface area contributed by atoms with Gasteiger partial charge in [-0.1, -0.05) is 12.1 Å². The molecule has 0 unspecified atom stereocenters. The summed E-state index contributed by atoms with van der Waals surface area (Å²) in [5.41, 5.74) is 0.996. The van der Waals surface area contributed by atoms with Gasteiger partial charge in [0.15, 0.2) is 0 Å². The second-order valence-electron chi connectivity index (χ2n) is 4.41. The highest BCUT2D eigenvalue weighted by Crippen LogP contribution is 2.42. The Morgan fingerprint density at radius 2 is 2.06 bits per heavy atom. The third-order valence-corrected chi connectivity index (χ3v) is 4.46. The average molecular weight is 269 g/mol. The third kappa shape index (κ3) is 2.67. The van der Waals surface area contributed by atoms with Crippen molar-refractivity contribution in [1.82, 2.24) is 4.90 Å². The fraction of sp³-hybridized carbons (Fsp3) is 0.462. The quantitative estimate of drug-likeness (QED) is 0.885. The molecular formula is C13H18FN2OS+. The van der Waals surface area contributed by atoms with Crippen LogP contribution in [0.25, 0.3) is 0 Å². The normalized spacial score (nSPS) is 23.7. The van der Waals surface area contributed by atoms with E-state index in [0.29, 0.717) is 0 Å². The van der Waals surface area contributed by atoms with Crippen molar-refractivity contribution >= 4 is 17.7 Å². The zero-order valence-electron chi connectivity index (χ0n) is 10.6. The van der Waals surface area contributed by atoms with E-state index in [-0.39, 0.29) is 22.3 Å². The van der Waals surface area contributed by atoms with Gasteiger partial charge in [0.05, 0.1) is 25.4 Å². The Hall–Kier alpha value is -1.07. The molecule has 2 atom stereocenters. The molecule has 1 aliphatic heterocycles. The Balaban J connectivity index is 2.19. The number of likely N-dealkylation sites (N-methyl/N-ethyl adjacent to an activating group) is 1. The van der Waals surface area contributed by atoms with Crippen molar-refractivity contribution in [3.63, 3.8) is 0 Å². The first-order valence-corrected chi connectivity index (χ1v) is 7.07. The van der Waals surface area contributed by atoms with Crippen LogP contribution in [-0.2, 0) is 4.79 Å². The molecule has 1 fully saturated rings. The lowest BCUT2D eigenvalue weighted by Crippen LogP contribution is -2.81. The van der Waals surface area contributed by atoms with Gasteiger partial charge >= 0.3 is 0 Å². The number of hydrogen-bond donors (Lipinski definition) is 1. The van der Waals surface area contributed by atoms with E-state index in [1.807, 2.05) is 18.9 Å². The summed E-state index contributed by atoms with van der Waals surface area (Å²) in [5.74, 6) is -0.0641. The van der Waals surface area contributed by atoms with Gasteiger partial charge in [0.2, 0.25) is 5.91 Å². The number of nitrogens with zero attached hydrogens (tertiary/aromatic N) is 1. The number of rotatable bonds is 4. The van der Waals surface area contributed by atoms with Crippen LogP contribution in [0.4, 0.5) is 4.39 Å². The number of carbonyl (C=O) groups is 1. The van der Waals surface area contributed by atoms with Crippen LogP contribution in [0, 0.1) is 5.82 Å². The standard InChI is InChI=1S/C13H17FN2OS/c1-9-12(17)16(8-7-15-2)13(18-9)10-3-5-11(14)6-4-10/h3-6,9,13,15H,7-8H2,1-2H3/p+1/t9-,13+/m1/s1. The van der Waals surface area contributed by atoms with E-state index in [0.717, 1.165) is 18.7 Å². The summed E-state index contributed by atoms with van der Waals surface area (Å²) >= 11 is 1.63. The summed E-state index contributed by atoms with van der Waals surface area (Å²) in [5, 5.41) is 2.06. The van der Waals surface area contributed by atoms with Gasteiger partial charge in [-0.15, -0.1) is 11.8 Å². The Morgan fingerprint density at radius 3 is 2.67 bits per heavy atom. The lowest BCUT2D eigenvalue weighted by atomic mass is 10.2. The first-order valence-electron chi connectivity index (χ1n) is 6.12. The van der Waals surface area contributed by atoms with Crippen LogP contribution in [0.5, 0.6) is 0 Å². The van der Waals surface area contributed by atoms with Crippen LogP contribution in [0.3, 0.4) is 0 Å². The second kappa shape index (κ2) is 5.71. The van der Waals surface area contributed by atoms with Gasteiger partial charge < -0.3 is 10.2 Å². The molecule has 1 aromatic rings. The Labute approximate surface area is 111 Å². The fourth-order valence-electron chi connectivity index (χ4n) is 2.06. The lowest BCUT2D eigenvalue weighted by Gasteiger charge is -2.23. The maximum Gasteiger partial charge on any atom is 0.236 e. The van der Waals surface area contributed by atoms with Gasteiger partial charge in [0.1, 0.15) is 11.2 Å². The van der Waals surface area contributed by atoms with E-state index in [1.165, 1.54) is 12.1 Å². The van der Waals surface area contributed by atoms with Gasteiger partial charge in [0.25, 0.3) is 0 Å². The van der Waals surface area contributed by atoms with Gasteiger partial charge in [-0.2, -0.15) is 0 Å². The molecule has 0 spiro atoms. The number of hydrogen-bond acceptors (Lipinski definition) is 2. The van der Waals surface area contributed by atoms with Gasteiger partial charge in [0, 0.05) is 0 Å². The molecule has 1 aliphatic rings.